The largest absolute Gasteiger partial charge is 0.327 e. The normalized spacial score (nSPS) is 27.2. The summed E-state index contributed by atoms with van der Waals surface area (Å²) in [6.45, 7) is 6.87. The lowest BCUT2D eigenvalue weighted by molar-refractivity contribution is 0.336. The molecule has 1 heterocycles. The predicted molar refractivity (Wildman–Crippen MR) is 57.6 cm³/mol. The Morgan fingerprint density at radius 3 is 2.77 bits per heavy atom. The second-order valence-corrected chi connectivity index (χ2v) is 4.73. The summed E-state index contributed by atoms with van der Waals surface area (Å²) >= 11 is 0. The molecule has 1 fully saturated rings. The van der Waals surface area contributed by atoms with Gasteiger partial charge in [0.1, 0.15) is 0 Å². The van der Waals surface area contributed by atoms with E-state index < -0.39 is 0 Å². The van der Waals surface area contributed by atoms with E-state index in [1.54, 1.807) is 0 Å². The molecule has 0 aromatic rings. The van der Waals surface area contributed by atoms with Crippen molar-refractivity contribution in [2.75, 3.05) is 13.1 Å². The van der Waals surface area contributed by atoms with Gasteiger partial charge in [0.25, 0.3) is 0 Å². The highest BCUT2D eigenvalue weighted by molar-refractivity contribution is 4.77. The zero-order valence-electron chi connectivity index (χ0n) is 9.05. The predicted octanol–water partition coefficient (Wildman–Crippen LogP) is 1.75. The van der Waals surface area contributed by atoms with E-state index >= 15 is 0 Å². The topological polar surface area (TPSA) is 38.0 Å². The molecule has 3 N–H and O–H groups in total. The average molecular weight is 184 g/mol. The van der Waals surface area contributed by atoms with E-state index in [4.69, 9.17) is 5.73 Å². The van der Waals surface area contributed by atoms with Gasteiger partial charge in [-0.2, -0.15) is 0 Å². The van der Waals surface area contributed by atoms with Gasteiger partial charge in [-0.05, 0) is 50.6 Å². The highest BCUT2D eigenvalue weighted by Crippen LogP contribution is 2.20. The smallest absolute Gasteiger partial charge is 0.00700 e. The van der Waals surface area contributed by atoms with Gasteiger partial charge in [0, 0.05) is 6.04 Å². The van der Waals surface area contributed by atoms with E-state index in [2.05, 4.69) is 19.2 Å². The third-order valence-electron chi connectivity index (χ3n) is 2.97. The van der Waals surface area contributed by atoms with E-state index in [1.807, 2.05) is 0 Å². The van der Waals surface area contributed by atoms with Gasteiger partial charge in [0.05, 0.1) is 0 Å². The van der Waals surface area contributed by atoms with Crippen molar-refractivity contribution in [3.8, 4) is 0 Å². The van der Waals surface area contributed by atoms with Crippen molar-refractivity contribution in [3.05, 3.63) is 0 Å². The first-order valence-electron chi connectivity index (χ1n) is 5.66. The van der Waals surface area contributed by atoms with Crippen molar-refractivity contribution in [1.82, 2.24) is 5.32 Å². The summed E-state index contributed by atoms with van der Waals surface area (Å²) in [6, 6.07) is 0.430. The Kier molecular flexibility index (Phi) is 4.74. The van der Waals surface area contributed by atoms with Gasteiger partial charge in [-0.1, -0.05) is 13.8 Å². The maximum atomic E-state index is 6.19. The molecule has 2 nitrogen and oxygen atoms in total. The summed E-state index contributed by atoms with van der Waals surface area (Å²) in [4.78, 5) is 0. The van der Waals surface area contributed by atoms with E-state index in [-0.39, 0.29) is 0 Å². The minimum atomic E-state index is 0.430. The quantitative estimate of drug-likeness (QED) is 0.701. The highest BCUT2D eigenvalue weighted by Gasteiger charge is 2.19. The molecule has 1 rings (SSSR count). The lowest BCUT2D eigenvalue weighted by atomic mass is 9.87. The minimum Gasteiger partial charge on any atom is -0.327 e. The van der Waals surface area contributed by atoms with Gasteiger partial charge in [0.15, 0.2) is 0 Å². The summed E-state index contributed by atoms with van der Waals surface area (Å²) in [7, 11) is 0. The molecule has 0 radical (unpaired) electrons. The molecular weight excluding hydrogens is 160 g/mol. The molecule has 2 unspecified atom stereocenters. The van der Waals surface area contributed by atoms with Crippen LogP contribution < -0.4 is 11.1 Å². The molecule has 2 heteroatoms. The Labute approximate surface area is 82.3 Å². The van der Waals surface area contributed by atoms with E-state index in [1.165, 1.54) is 32.2 Å². The second kappa shape index (κ2) is 5.61. The van der Waals surface area contributed by atoms with E-state index in [0.717, 1.165) is 18.4 Å². The number of rotatable bonds is 3. The average Bonchev–Trinajstić information content (AvgIpc) is 2.29. The van der Waals surface area contributed by atoms with Gasteiger partial charge >= 0.3 is 0 Å². The van der Waals surface area contributed by atoms with Crippen LogP contribution in [-0.2, 0) is 0 Å². The number of nitrogens with two attached hydrogens (primary N) is 1. The van der Waals surface area contributed by atoms with Crippen LogP contribution in [0.15, 0.2) is 0 Å². The molecule has 2 atom stereocenters. The van der Waals surface area contributed by atoms with Gasteiger partial charge in [-0.25, -0.2) is 0 Å². The van der Waals surface area contributed by atoms with Crippen molar-refractivity contribution in [2.24, 2.45) is 17.6 Å². The summed E-state index contributed by atoms with van der Waals surface area (Å²) < 4.78 is 0. The molecule has 0 spiro atoms. The fourth-order valence-electron chi connectivity index (χ4n) is 2.21. The fraction of sp³-hybridized carbons (Fsp3) is 1.00. The highest BCUT2D eigenvalue weighted by atomic mass is 14.9. The van der Waals surface area contributed by atoms with E-state index in [9.17, 15) is 0 Å². The molecule has 0 aromatic heterocycles. The Morgan fingerprint density at radius 1 is 1.31 bits per heavy atom. The fourth-order valence-corrected chi connectivity index (χ4v) is 2.21. The van der Waals surface area contributed by atoms with Crippen molar-refractivity contribution < 1.29 is 0 Å². The van der Waals surface area contributed by atoms with Crippen molar-refractivity contribution in [3.63, 3.8) is 0 Å². The summed E-state index contributed by atoms with van der Waals surface area (Å²) in [5, 5.41) is 3.43. The van der Waals surface area contributed by atoms with Crippen LogP contribution in [0.5, 0.6) is 0 Å². The molecular formula is C11H24N2. The van der Waals surface area contributed by atoms with Crippen LogP contribution in [0.2, 0.25) is 0 Å². The third kappa shape index (κ3) is 4.10. The minimum absolute atomic E-state index is 0.430. The molecule has 13 heavy (non-hydrogen) atoms. The van der Waals surface area contributed by atoms with Crippen molar-refractivity contribution >= 4 is 0 Å². The maximum Gasteiger partial charge on any atom is 0.00700 e. The van der Waals surface area contributed by atoms with Gasteiger partial charge < -0.3 is 11.1 Å². The van der Waals surface area contributed by atoms with Gasteiger partial charge in [-0.3, -0.25) is 0 Å². The number of hydrogen-bond donors (Lipinski definition) is 2. The van der Waals surface area contributed by atoms with Crippen LogP contribution >= 0.6 is 0 Å². The zero-order valence-corrected chi connectivity index (χ0v) is 9.05. The standard InChI is InChI=1S/C11H24N2/c1-9(2)8-11(12)10-4-3-6-13-7-5-10/h9-11,13H,3-8,12H2,1-2H3. The van der Waals surface area contributed by atoms with Crippen LogP contribution in [0.1, 0.15) is 39.5 Å². The Bertz CT molecular complexity index is 126. The first-order valence-corrected chi connectivity index (χ1v) is 5.66. The van der Waals surface area contributed by atoms with Crippen LogP contribution in [0.25, 0.3) is 0 Å². The third-order valence-corrected chi connectivity index (χ3v) is 2.97. The summed E-state index contributed by atoms with van der Waals surface area (Å²) in [6.07, 6.45) is 5.08. The molecule has 1 aliphatic heterocycles. The monoisotopic (exact) mass is 184 g/mol. The van der Waals surface area contributed by atoms with Crippen LogP contribution in [0.3, 0.4) is 0 Å². The number of nitrogens with one attached hydrogen (secondary N) is 1. The van der Waals surface area contributed by atoms with Crippen molar-refractivity contribution in [2.45, 2.75) is 45.6 Å². The molecule has 0 amide bonds. The molecule has 1 saturated heterocycles. The Hall–Kier alpha value is -0.0800. The lowest BCUT2D eigenvalue weighted by Gasteiger charge is -2.23. The first kappa shape index (κ1) is 11.0. The van der Waals surface area contributed by atoms with Crippen LogP contribution in [-0.4, -0.2) is 19.1 Å². The second-order valence-electron chi connectivity index (χ2n) is 4.73. The van der Waals surface area contributed by atoms with Gasteiger partial charge in [0.2, 0.25) is 0 Å². The van der Waals surface area contributed by atoms with Crippen molar-refractivity contribution in [1.29, 1.82) is 0 Å². The Balaban J connectivity index is 2.30. The van der Waals surface area contributed by atoms with Gasteiger partial charge in [-0.15, -0.1) is 0 Å². The summed E-state index contributed by atoms with van der Waals surface area (Å²) in [5.74, 6) is 1.50. The number of hydrogen-bond acceptors (Lipinski definition) is 2. The molecule has 78 valence electrons. The molecule has 0 bridgehead atoms. The molecule has 1 aliphatic rings. The SMILES string of the molecule is CC(C)CC(N)C1CCCNCC1. The van der Waals surface area contributed by atoms with E-state index in [0.29, 0.717) is 6.04 Å². The first-order chi connectivity index (χ1) is 6.20. The van der Waals surface area contributed by atoms with Crippen LogP contribution in [0.4, 0.5) is 0 Å². The molecule has 0 saturated carbocycles. The van der Waals surface area contributed by atoms with Crippen LogP contribution in [0, 0.1) is 11.8 Å². The lowest BCUT2D eigenvalue weighted by Crippen LogP contribution is -2.32. The zero-order chi connectivity index (χ0) is 9.68. The molecule has 0 aliphatic carbocycles. The maximum absolute atomic E-state index is 6.19. The Morgan fingerprint density at radius 2 is 2.08 bits per heavy atom. The molecule has 0 aromatic carbocycles. The summed E-state index contributed by atoms with van der Waals surface area (Å²) in [5.41, 5.74) is 6.19.